The highest BCUT2D eigenvalue weighted by molar-refractivity contribution is 6.05. The van der Waals surface area contributed by atoms with Crippen LogP contribution in [0.15, 0.2) is 24.3 Å². The minimum absolute atomic E-state index is 0.206. The van der Waals surface area contributed by atoms with Crippen LogP contribution >= 0.6 is 0 Å². The fourth-order valence-electron chi connectivity index (χ4n) is 2.99. The van der Waals surface area contributed by atoms with E-state index in [2.05, 4.69) is 25.9 Å². The molecule has 28 heavy (non-hydrogen) atoms. The lowest BCUT2D eigenvalue weighted by Gasteiger charge is -2.11. The van der Waals surface area contributed by atoms with Crippen LogP contribution in [0.5, 0.6) is 5.75 Å². The fourth-order valence-corrected chi connectivity index (χ4v) is 2.99. The van der Waals surface area contributed by atoms with E-state index in [0.717, 1.165) is 17.0 Å². The van der Waals surface area contributed by atoms with Gasteiger partial charge in [0.25, 0.3) is 5.91 Å². The SMILES string of the molecule is COc1ccc(NC(C)=O)cc1NC(=O)c1cc(-c2c(C)nn(C)c2C)n[nH]1. The Morgan fingerprint density at radius 3 is 2.54 bits per heavy atom. The van der Waals surface area contributed by atoms with Gasteiger partial charge in [-0.2, -0.15) is 10.2 Å². The highest BCUT2D eigenvalue weighted by Gasteiger charge is 2.18. The van der Waals surface area contributed by atoms with Gasteiger partial charge in [-0.1, -0.05) is 0 Å². The van der Waals surface area contributed by atoms with Gasteiger partial charge in [-0.15, -0.1) is 0 Å². The van der Waals surface area contributed by atoms with Crippen LogP contribution in [0.4, 0.5) is 11.4 Å². The molecule has 2 heterocycles. The van der Waals surface area contributed by atoms with Crippen LogP contribution in [0.2, 0.25) is 0 Å². The standard InChI is InChI=1S/C19H22N6O3/c1-10-18(11(2)25(4)24-10)15-9-16(23-22-15)19(27)21-14-8-13(20-12(3)26)6-7-17(14)28-5/h6-9H,1-5H3,(H,20,26)(H,21,27)(H,22,23). The summed E-state index contributed by atoms with van der Waals surface area (Å²) in [6.07, 6.45) is 0. The van der Waals surface area contributed by atoms with Crippen LogP contribution in [0.3, 0.4) is 0 Å². The van der Waals surface area contributed by atoms with Crippen molar-refractivity contribution in [3.05, 3.63) is 41.3 Å². The summed E-state index contributed by atoms with van der Waals surface area (Å²) in [4.78, 5) is 24.0. The summed E-state index contributed by atoms with van der Waals surface area (Å²) in [6.45, 7) is 5.26. The van der Waals surface area contributed by atoms with Crippen LogP contribution < -0.4 is 15.4 Å². The van der Waals surface area contributed by atoms with E-state index in [1.165, 1.54) is 14.0 Å². The van der Waals surface area contributed by atoms with Crippen LogP contribution in [0.25, 0.3) is 11.3 Å². The Kier molecular flexibility index (Phi) is 5.16. The fraction of sp³-hybridized carbons (Fsp3) is 0.263. The maximum absolute atomic E-state index is 12.7. The van der Waals surface area contributed by atoms with Gasteiger partial charge in [-0.05, 0) is 38.1 Å². The summed E-state index contributed by atoms with van der Waals surface area (Å²) in [5.41, 5.74) is 4.61. The molecule has 0 saturated carbocycles. The quantitative estimate of drug-likeness (QED) is 0.628. The average Bonchev–Trinajstić information content (AvgIpc) is 3.19. The van der Waals surface area contributed by atoms with Crippen molar-refractivity contribution in [3.8, 4) is 17.0 Å². The number of anilines is 2. The number of carbonyl (C=O) groups is 2. The van der Waals surface area contributed by atoms with Gasteiger partial charge in [-0.3, -0.25) is 19.4 Å². The third kappa shape index (κ3) is 3.73. The Bertz CT molecular complexity index is 1050. The number of aromatic nitrogens is 4. The molecule has 0 fully saturated rings. The van der Waals surface area contributed by atoms with Crippen LogP contribution in [0, 0.1) is 13.8 Å². The third-order valence-corrected chi connectivity index (χ3v) is 4.36. The smallest absolute Gasteiger partial charge is 0.273 e. The van der Waals surface area contributed by atoms with Gasteiger partial charge in [0.2, 0.25) is 5.91 Å². The predicted octanol–water partition coefficient (Wildman–Crippen LogP) is 2.65. The van der Waals surface area contributed by atoms with Crippen LogP contribution in [0.1, 0.15) is 28.8 Å². The normalized spacial score (nSPS) is 10.6. The summed E-state index contributed by atoms with van der Waals surface area (Å²) in [5.74, 6) is -0.111. The molecule has 0 atom stereocenters. The minimum atomic E-state index is -0.378. The summed E-state index contributed by atoms with van der Waals surface area (Å²) >= 11 is 0. The molecule has 9 heteroatoms. The molecule has 2 amide bonds. The van der Waals surface area contributed by atoms with E-state index in [1.807, 2.05) is 20.9 Å². The molecule has 0 aliphatic rings. The Balaban J connectivity index is 1.86. The molecule has 9 nitrogen and oxygen atoms in total. The lowest BCUT2D eigenvalue weighted by Crippen LogP contribution is -2.14. The van der Waals surface area contributed by atoms with Crippen molar-refractivity contribution in [2.45, 2.75) is 20.8 Å². The molecular weight excluding hydrogens is 360 g/mol. The zero-order valence-electron chi connectivity index (χ0n) is 16.4. The molecule has 0 radical (unpaired) electrons. The zero-order chi connectivity index (χ0) is 20.4. The van der Waals surface area contributed by atoms with Gasteiger partial charge in [0.05, 0.1) is 24.2 Å². The summed E-state index contributed by atoms with van der Waals surface area (Å²) < 4.78 is 7.06. The minimum Gasteiger partial charge on any atom is -0.495 e. The second kappa shape index (κ2) is 7.55. The van der Waals surface area contributed by atoms with Gasteiger partial charge in [0.1, 0.15) is 11.4 Å². The Labute approximate surface area is 162 Å². The number of hydrogen-bond donors (Lipinski definition) is 3. The monoisotopic (exact) mass is 382 g/mol. The van der Waals surface area contributed by atoms with Crippen molar-refractivity contribution in [2.24, 2.45) is 7.05 Å². The molecule has 0 spiro atoms. The predicted molar refractivity (Wildman–Crippen MR) is 106 cm³/mol. The van der Waals surface area contributed by atoms with E-state index in [0.29, 0.717) is 28.5 Å². The van der Waals surface area contributed by atoms with Gasteiger partial charge in [-0.25, -0.2) is 0 Å². The van der Waals surface area contributed by atoms with Crippen LogP contribution in [-0.2, 0) is 11.8 Å². The largest absolute Gasteiger partial charge is 0.495 e. The number of aromatic amines is 1. The lowest BCUT2D eigenvalue weighted by atomic mass is 10.1. The number of amides is 2. The maximum Gasteiger partial charge on any atom is 0.273 e. The first-order valence-corrected chi connectivity index (χ1v) is 8.63. The third-order valence-electron chi connectivity index (χ3n) is 4.36. The van der Waals surface area contributed by atoms with E-state index in [4.69, 9.17) is 4.74 Å². The van der Waals surface area contributed by atoms with Crippen molar-refractivity contribution < 1.29 is 14.3 Å². The number of methoxy groups -OCH3 is 1. The molecule has 1 aromatic carbocycles. The molecular formula is C19H22N6O3. The van der Waals surface area contributed by atoms with E-state index in [9.17, 15) is 9.59 Å². The van der Waals surface area contributed by atoms with E-state index >= 15 is 0 Å². The number of ether oxygens (including phenoxy) is 1. The molecule has 3 aromatic rings. The molecule has 3 N–H and O–H groups in total. The molecule has 146 valence electrons. The van der Waals surface area contributed by atoms with E-state index < -0.39 is 0 Å². The van der Waals surface area contributed by atoms with E-state index in [1.54, 1.807) is 28.9 Å². The molecule has 0 aliphatic heterocycles. The zero-order valence-corrected chi connectivity index (χ0v) is 16.4. The van der Waals surface area contributed by atoms with Gasteiger partial charge >= 0.3 is 0 Å². The van der Waals surface area contributed by atoms with Gasteiger partial charge in [0.15, 0.2) is 0 Å². The maximum atomic E-state index is 12.7. The van der Waals surface area contributed by atoms with Gasteiger partial charge < -0.3 is 15.4 Å². The Hall–Kier alpha value is -3.62. The molecule has 0 aliphatic carbocycles. The number of benzene rings is 1. The number of rotatable bonds is 5. The highest BCUT2D eigenvalue weighted by Crippen LogP contribution is 2.29. The number of nitrogens with one attached hydrogen (secondary N) is 3. The number of hydrogen-bond acceptors (Lipinski definition) is 5. The first kappa shape index (κ1) is 19.2. The number of H-pyrrole nitrogens is 1. The Morgan fingerprint density at radius 2 is 1.93 bits per heavy atom. The first-order chi connectivity index (χ1) is 13.3. The van der Waals surface area contributed by atoms with Crippen LogP contribution in [-0.4, -0.2) is 38.9 Å². The summed E-state index contributed by atoms with van der Waals surface area (Å²) in [6, 6.07) is 6.67. The second-order valence-electron chi connectivity index (χ2n) is 6.39. The van der Waals surface area contributed by atoms with Crippen molar-refractivity contribution in [1.29, 1.82) is 0 Å². The Morgan fingerprint density at radius 1 is 1.18 bits per heavy atom. The molecule has 0 bridgehead atoms. The topological polar surface area (TPSA) is 114 Å². The van der Waals surface area contributed by atoms with Gasteiger partial charge in [0, 0.05) is 30.9 Å². The van der Waals surface area contributed by atoms with Crippen molar-refractivity contribution >= 4 is 23.2 Å². The number of aryl methyl sites for hydroxylation is 2. The van der Waals surface area contributed by atoms with E-state index in [-0.39, 0.29) is 11.8 Å². The molecule has 3 rings (SSSR count). The summed E-state index contributed by atoms with van der Waals surface area (Å²) in [5, 5.41) is 16.9. The molecule has 2 aromatic heterocycles. The van der Waals surface area contributed by atoms with Crippen molar-refractivity contribution in [2.75, 3.05) is 17.7 Å². The lowest BCUT2D eigenvalue weighted by molar-refractivity contribution is -0.114. The summed E-state index contributed by atoms with van der Waals surface area (Å²) in [7, 11) is 3.37. The molecule has 0 unspecified atom stereocenters. The van der Waals surface area contributed by atoms with Crippen molar-refractivity contribution in [1.82, 2.24) is 20.0 Å². The molecule has 0 saturated heterocycles. The first-order valence-electron chi connectivity index (χ1n) is 8.63. The second-order valence-corrected chi connectivity index (χ2v) is 6.39. The average molecular weight is 382 g/mol. The highest BCUT2D eigenvalue weighted by atomic mass is 16.5. The number of nitrogens with zero attached hydrogens (tertiary/aromatic N) is 3. The van der Waals surface area contributed by atoms with Crippen molar-refractivity contribution in [3.63, 3.8) is 0 Å². The number of carbonyl (C=O) groups excluding carboxylic acids is 2.